The molecule has 1 aliphatic heterocycles. The predicted molar refractivity (Wildman–Crippen MR) is 94.5 cm³/mol. The Balaban J connectivity index is 1.89. The second-order valence-corrected chi connectivity index (χ2v) is 7.25. The van der Waals surface area contributed by atoms with Crippen molar-refractivity contribution in [3.63, 3.8) is 0 Å². The van der Waals surface area contributed by atoms with Crippen molar-refractivity contribution in [1.82, 2.24) is 10.2 Å². The van der Waals surface area contributed by atoms with E-state index < -0.39 is 0 Å². The van der Waals surface area contributed by atoms with E-state index in [2.05, 4.69) is 17.4 Å². The molecule has 5 heteroatoms. The Morgan fingerprint density at radius 1 is 1.30 bits per heavy atom. The second-order valence-electron chi connectivity index (χ2n) is 6.37. The molecule has 1 heterocycles. The van der Waals surface area contributed by atoms with E-state index in [1.165, 1.54) is 4.90 Å². The van der Waals surface area contributed by atoms with Gasteiger partial charge in [0, 0.05) is 29.9 Å². The fraction of sp³-hybridized carbons (Fsp3) is 0.556. The normalized spacial score (nSPS) is 18.1. The summed E-state index contributed by atoms with van der Waals surface area (Å²) in [6.45, 7) is 5.19. The van der Waals surface area contributed by atoms with E-state index >= 15 is 0 Å². The number of likely N-dealkylation sites (tertiary alicyclic amines) is 1. The number of thioether (sulfide) groups is 1. The number of rotatable bonds is 5. The molecule has 1 aromatic rings. The highest BCUT2D eigenvalue weighted by atomic mass is 32.2. The van der Waals surface area contributed by atoms with Gasteiger partial charge in [-0.1, -0.05) is 26.0 Å². The number of benzene rings is 1. The average Bonchev–Trinajstić information content (AvgIpc) is 2.55. The minimum Gasteiger partial charge on any atom is -0.351 e. The van der Waals surface area contributed by atoms with Gasteiger partial charge < -0.3 is 10.2 Å². The maximum Gasteiger partial charge on any atom is 0.227 e. The minimum absolute atomic E-state index is 0.0176. The number of amides is 2. The zero-order valence-corrected chi connectivity index (χ0v) is 15.0. The molecule has 1 atom stereocenters. The fourth-order valence-electron chi connectivity index (χ4n) is 2.72. The zero-order chi connectivity index (χ0) is 16.8. The van der Waals surface area contributed by atoms with Crippen LogP contribution in [0.15, 0.2) is 29.2 Å². The molecular weight excluding hydrogens is 308 g/mol. The SMILES string of the molecule is CSc1ccc(CC(=O)N2CCC[C@@H](NC(=O)C(C)C)C2)cc1. The van der Waals surface area contributed by atoms with E-state index in [0.717, 1.165) is 24.9 Å². The number of piperidine rings is 1. The van der Waals surface area contributed by atoms with Gasteiger partial charge in [0.05, 0.1) is 6.42 Å². The Morgan fingerprint density at radius 3 is 2.61 bits per heavy atom. The van der Waals surface area contributed by atoms with Gasteiger partial charge in [-0.25, -0.2) is 0 Å². The van der Waals surface area contributed by atoms with Crippen molar-refractivity contribution in [2.24, 2.45) is 5.92 Å². The number of hydrogen-bond donors (Lipinski definition) is 1. The lowest BCUT2D eigenvalue weighted by atomic mass is 10.0. The highest BCUT2D eigenvalue weighted by molar-refractivity contribution is 7.98. The van der Waals surface area contributed by atoms with Crippen LogP contribution in [0.1, 0.15) is 32.3 Å². The van der Waals surface area contributed by atoms with Crippen LogP contribution in [0.2, 0.25) is 0 Å². The summed E-state index contributed by atoms with van der Waals surface area (Å²) in [5, 5.41) is 3.05. The van der Waals surface area contributed by atoms with Crippen molar-refractivity contribution in [2.45, 2.75) is 44.0 Å². The first kappa shape index (κ1) is 17.9. The van der Waals surface area contributed by atoms with Crippen LogP contribution in [-0.2, 0) is 16.0 Å². The van der Waals surface area contributed by atoms with Gasteiger partial charge >= 0.3 is 0 Å². The molecule has 1 saturated heterocycles. The molecule has 4 nitrogen and oxygen atoms in total. The molecule has 0 spiro atoms. The van der Waals surface area contributed by atoms with Crippen LogP contribution in [0.3, 0.4) is 0 Å². The van der Waals surface area contributed by atoms with Crippen molar-refractivity contribution in [1.29, 1.82) is 0 Å². The molecule has 0 unspecified atom stereocenters. The van der Waals surface area contributed by atoms with Gasteiger partial charge in [-0.3, -0.25) is 9.59 Å². The molecule has 0 aromatic heterocycles. The van der Waals surface area contributed by atoms with E-state index in [1.807, 2.05) is 37.1 Å². The topological polar surface area (TPSA) is 49.4 Å². The Morgan fingerprint density at radius 2 is 2.00 bits per heavy atom. The predicted octanol–water partition coefficient (Wildman–Crippen LogP) is 2.71. The Kier molecular flexibility index (Phi) is 6.51. The smallest absolute Gasteiger partial charge is 0.227 e. The molecule has 1 fully saturated rings. The van der Waals surface area contributed by atoms with Gasteiger partial charge in [-0.05, 0) is 36.8 Å². The van der Waals surface area contributed by atoms with Gasteiger partial charge in [0.1, 0.15) is 0 Å². The molecule has 1 aromatic carbocycles. The molecule has 0 radical (unpaired) electrons. The Labute approximate surface area is 143 Å². The molecule has 2 rings (SSSR count). The Bertz CT molecular complexity index is 542. The minimum atomic E-state index is -0.0176. The van der Waals surface area contributed by atoms with Gasteiger partial charge in [0.25, 0.3) is 0 Å². The molecule has 2 amide bonds. The van der Waals surface area contributed by atoms with Crippen LogP contribution in [0.25, 0.3) is 0 Å². The number of nitrogens with one attached hydrogen (secondary N) is 1. The van der Waals surface area contributed by atoms with E-state index in [9.17, 15) is 9.59 Å². The van der Waals surface area contributed by atoms with Crippen molar-refractivity contribution < 1.29 is 9.59 Å². The van der Waals surface area contributed by atoms with E-state index in [0.29, 0.717) is 13.0 Å². The molecule has 23 heavy (non-hydrogen) atoms. The molecule has 126 valence electrons. The van der Waals surface area contributed by atoms with Crippen LogP contribution in [-0.4, -0.2) is 42.1 Å². The lowest BCUT2D eigenvalue weighted by Crippen LogP contribution is -2.50. The first-order chi connectivity index (χ1) is 11.0. The number of carbonyl (C=O) groups is 2. The third-order valence-electron chi connectivity index (χ3n) is 4.16. The molecule has 0 bridgehead atoms. The summed E-state index contributed by atoms with van der Waals surface area (Å²) in [4.78, 5) is 27.4. The van der Waals surface area contributed by atoms with Gasteiger partial charge in [0.2, 0.25) is 11.8 Å². The maximum absolute atomic E-state index is 12.5. The summed E-state index contributed by atoms with van der Waals surface area (Å²) in [5.74, 6) is 0.193. The summed E-state index contributed by atoms with van der Waals surface area (Å²) in [6.07, 6.45) is 4.36. The first-order valence-corrected chi connectivity index (χ1v) is 9.43. The molecule has 0 saturated carbocycles. The van der Waals surface area contributed by atoms with Crippen LogP contribution < -0.4 is 5.32 Å². The second kappa shape index (κ2) is 8.39. The summed E-state index contributed by atoms with van der Waals surface area (Å²) in [7, 11) is 0. The van der Waals surface area contributed by atoms with Crippen LogP contribution in [0.5, 0.6) is 0 Å². The van der Waals surface area contributed by atoms with E-state index in [4.69, 9.17) is 0 Å². The van der Waals surface area contributed by atoms with Crippen LogP contribution >= 0.6 is 11.8 Å². The molecule has 0 aliphatic carbocycles. The van der Waals surface area contributed by atoms with Crippen molar-refractivity contribution in [3.8, 4) is 0 Å². The fourth-order valence-corrected chi connectivity index (χ4v) is 3.13. The lowest BCUT2D eigenvalue weighted by molar-refractivity contribution is -0.133. The Hall–Kier alpha value is -1.49. The number of hydrogen-bond acceptors (Lipinski definition) is 3. The highest BCUT2D eigenvalue weighted by Gasteiger charge is 2.25. The standard InChI is InChI=1S/C18H26N2O2S/c1-13(2)18(22)19-15-5-4-10-20(12-15)17(21)11-14-6-8-16(23-3)9-7-14/h6-9,13,15H,4-5,10-12H2,1-3H3,(H,19,22)/t15-/m1/s1. The summed E-state index contributed by atoms with van der Waals surface area (Å²) in [6, 6.07) is 8.23. The summed E-state index contributed by atoms with van der Waals surface area (Å²) in [5.41, 5.74) is 1.04. The van der Waals surface area contributed by atoms with Crippen molar-refractivity contribution >= 4 is 23.6 Å². The van der Waals surface area contributed by atoms with Crippen molar-refractivity contribution in [2.75, 3.05) is 19.3 Å². The highest BCUT2D eigenvalue weighted by Crippen LogP contribution is 2.17. The summed E-state index contributed by atoms with van der Waals surface area (Å²) >= 11 is 1.70. The maximum atomic E-state index is 12.5. The van der Waals surface area contributed by atoms with Gasteiger partial charge in [-0.2, -0.15) is 0 Å². The van der Waals surface area contributed by atoms with Gasteiger partial charge in [-0.15, -0.1) is 11.8 Å². The van der Waals surface area contributed by atoms with E-state index in [1.54, 1.807) is 11.8 Å². The number of carbonyl (C=O) groups excluding carboxylic acids is 2. The third kappa shape index (κ3) is 5.27. The third-order valence-corrected chi connectivity index (χ3v) is 4.90. The zero-order valence-electron chi connectivity index (χ0n) is 14.2. The first-order valence-electron chi connectivity index (χ1n) is 8.20. The molecule has 1 aliphatic rings. The quantitative estimate of drug-likeness (QED) is 0.842. The van der Waals surface area contributed by atoms with Gasteiger partial charge in [0.15, 0.2) is 0 Å². The average molecular weight is 334 g/mol. The molecule has 1 N–H and O–H groups in total. The summed E-state index contributed by atoms with van der Waals surface area (Å²) < 4.78 is 0. The number of nitrogens with zero attached hydrogens (tertiary/aromatic N) is 1. The van der Waals surface area contributed by atoms with Crippen LogP contribution in [0, 0.1) is 5.92 Å². The van der Waals surface area contributed by atoms with Crippen molar-refractivity contribution in [3.05, 3.63) is 29.8 Å². The van der Waals surface area contributed by atoms with Crippen LogP contribution in [0.4, 0.5) is 0 Å². The lowest BCUT2D eigenvalue weighted by Gasteiger charge is -2.33. The van der Waals surface area contributed by atoms with E-state index in [-0.39, 0.29) is 23.8 Å². The monoisotopic (exact) mass is 334 g/mol. The largest absolute Gasteiger partial charge is 0.351 e. The molecular formula is C18H26N2O2S.